The molecule has 9 nitrogen and oxygen atoms in total. The summed E-state index contributed by atoms with van der Waals surface area (Å²) in [5.74, 6) is 0.251. The average Bonchev–Trinajstić information content (AvgIpc) is 2.76. The highest BCUT2D eigenvalue weighted by molar-refractivity contribution is 7.87. The molecule has 2 aromatic rings. The minimum absolute atomic E-state index is 0.0438. The van der Waals surface area contributed by atoms with Gasteiger partial charge in [0.05, 0.1) is 11.5 Å². The van der Waals surface area contributed by atoms with Crippen LogP contribution >= 0.6 is 0 Å². The first-order valence-corrected chi connectivity index (χ1v) is 14.4. The number of urea groups is 1. The van der Waals surface area contributed by atoms with Crippen LogP contribution in [0.5, 0.6) is 11.5 Å². The van der Waals surface area contributed by atoms with Gasteiger partial charge in [-0.15, -0.1) is 0 Å². The summed E-state index contributed by atoms with van der Waals surface area (Å²) >= 11 is 0. The molecule has 0 aliphatic heterocycles. The molecule has 0 aromatic heterocycles. The van der Waals surface area contributed by atoms with Crippen molar-refractivity contribution in [2.24, 2.45) is 0 Å². The summed E-state index contributed by atoms with van der Waals surface area (Å²) in [6.45, 7) is 3.98. The zero-order valence-corrected chi connectivity index (χ0v) is 21.1. The van der Waals surface area contributed by atoms with Crippen LogP contribution in [0.25, 0.3) is 0 Å². The highest BCUT2D eigenvalue weighted by atomic mass is 32.2. The van der Waals surface area contributed by atoms with Crippen LogP contribution in [0.3, 0.4) is 0 Å². The standard InChI is InChI=1S/C23H32N2O7S2/c1-3-5-7-17-33(27,28)31-21-13-9-19(10-14-21)24-23(26)25-20-11-15-22(16-12-20)32-34(29,30)18-8-6-4-2/h9-16H,3-8,17-18H2,1-2H3,(H2,24,25,26). The molecular formula is C23H32N2O7S2. The third-order valence-corrected chi connectivity index (χ3v) is 7.14. The number of benzene rings is 2. The molecule has 0 heterocycles. The third kappa shape index (κ3) is 10.4. The zero-order chi connectivity index (χ0) is 25.0. The minimum Gasteiger partial charge on any atom is -0.382 e. The van der Waals surface area contributed by atoms with Crippen LogP contribution in [0, 0.1) is 0 Å². The molecule has 0 saturated carbocycles. The number of nitrogens with one attached hydrogen (secondary N) is 2. The number of carbonyl (C=O) groups excluding carboxylic acids is 1. The molecule has 0 saturated heterocycles. The largest absolute Gasteiger partial charge is 0.382 e. The van der Waals surface area contributed by atoms with Gasteiger partial charge in [-0.05, 0) is 61.4 Å². The second-order valence-electron chi connectivity index (χ2n) is 7.73. The van der Waals surface area contributed by atoms with Gasteiger partial charge in [0.25, 0.3) is 0 Å². The normalized spacial score (nSPS) is 11.6. The van der Waals surface area contributed by atoms with Crippen molar-refractivity contribution < 1.29 is 30.0 Å². The van der Waals surface area contributed by atoms with E-state index in [-0.39, 0.29) is 23.0 Å². The molecule has 0 atom stereocenters. The summed E-state index contributed by atoms with van der Waals surface area (Å²) in [6.07, 6.45) is 4.54. The fraction of sp³-hybridized carbons (Fsp3) is 0.435. The van der Waals surface area contributed by atoms with Gasteiger partial charge in [-0.2, -0.15) is 16.8 Å². The van der Waals surface area contributed by atoms with E-state index in [0.29, 0.717) is 24.2 Å². The monoisotopic (exact) mass is 512 g/mol. The number of amides is 2. The molecule has 34 heavy (non-hydrogen) atoms. The molecule has 11 heteroatoms. The van der Waals surface area contributed by atoms with E-state index in [2.05, 4.69) is 10.6 Å². The lowest BCUT2D eigenvalue weighted by Gasteiger charge is -2.10. The van der Waals surface area contributed by atoms with Crippen LogP contribution in [-0.4, -0.2) is 34.4 Å². The van der Waals surface area contributed by atoms with Crippen LogP contribution in [0.2, 0.25) is 0 Å². The van der Waals surface area contributed by atoms with Gasteiger partial charge in [-0.3, -0.25) is 0 Å². The summed E-state index contributed by atoms with van der Waals surface area (Å²) in [5.41, 5.74) is 0.873. The van der Waals surface area contributed by atoms with Gasteiger partial charge >= 0.3 is 26.3 Å². The van der Waals surface area contributed by atoms with Crippen molar-refractivity contribution in [3.05, 3.63) is 48.5 Å². The Labute approximate surface area is 202 Å². The molecule has 0 unspecified atom stereocenters. The molecule has 2 N–H and O–H groups in total. The molecular weight excluding hydrogens is 480 g/mol. The summed E-state index contributed by atoms with van der Waals surface area (Å²) in [7, 11) is -7.30. The van der Waals surface area contributed by atoms with Crippen molar-refractivity contribution in [3.8, 4) is 11.5 Å². The first-order valence-electron chi connectivity index (χ1n) is 11.2. The minimum atomic E-state index is -3.65. The number of hydrogen-bond acceptors (Lipinski definition) is 7. The predicted octanol–water partition coefficient (Wildman–Crippen LogP) is 5.13. The van der Waals surface area contributed by atoms with E-state index in [0.717, 1.165) is 25.7 Å². The van der Waals surface area contributed by atoms with Gasteiger partial charge in [0, 0.05) is 11.4 Å². The Hall–Kier alpha value is -2.79. The lowest BCUT2D eigenvalue weighted by Crippen LogP contribution is -2.19. The third-order valence-electron chi connectivity index (χ3n) is 4.67. The van der Waals surface area contributed by atoms with Crippen LogP contribution in [0.15, 0.2) is 48.5 Å². The Kier molecular flexibility index (Phi) is 10.6. The van der Waals surface area contributed by atoms with E-state index in [4.69, 9.17) is 8.37 Å². The lowest BCUT2D eigenvalue weighted by atomic mass is 10.3. The fourth-order valence-electron chi connectivity index (χ4n) is 2.92. The SMILES string of the molecule is CCCCCS(=O)(=O)Oc1ccc(NC(=O)Nc2ccc(OS(=O)(=O)CCCCC)cc2)cc1. The van der Waals surface area contributed by atoms with E-state index in [1.165, 1.54) is 48.5 Å². The second kappa shape index (κ2) is 13.2. The van der Waals surface area contributed by atoms with E-state index in [1.54, 1.807) is 0 Å². The maximum absolute atomic E-state index is 12.2. The summed E-state index contributed by atoms with van der Waals surface area (Å²) < 4.78 is 58.0. The Bertz CT molecular complexity index is 1030. The van der Waals surface area contributed by atoms with Crippen molar-refractivity contribution >= 4 is 37.6 Å². The summed E-state index contributed by atoms with van der Waals surface area (Å²) in [4.78, 5) is 12.2. The Morgan fingerprint density at radius 2 is 1.00 bits per heavy atom. The lowest BCUT2D eigenvalue weighted by molar-refractivity contribution is 0.262. The van der Waals surface area contributed by atoms with Crippen molar-refractivity contribution in [2.45, 2.75) is 52.4 Å². The van der Waals surface area contributed by atoms with Crippen molar-refractivity contribution in [1.29, 1.82) is 0 Å². The van der Waals surface area contributed by atoms with Gasteiger partial charge in [0.15, 0.2) is 0 Å². The Morgan fingerprint density at radius 1 is 0.647 bits per heavy atom. The van der Waals surface area contributed by atoms with Crippen LogP contribution in [0.1, 0.15) is 52.4 Å². The average molecular weight is 513 g/mol. The molecule has 2 amide bonds. The first kappa shape index (κ1) is 27.5. The molecule has 2 rings (SSSR count). The summed E-state index contributed by atoms with van der Waals surface area (Å²) in [6, 6.07) is 11.4. The maximum atomic E-state index is 12.2. The van der Waals surface area contributed by atoms with Gasteiger partial charge < -0.3 is 19.0 Å². The number of rotatable bonds is 14. The van der Waals surface area contributed by atoms with E-state index < -0.39 is 26.3 Å². The van der Waals surface area contributed by atoms with E-state index in [9.17, 15) is 21.6 Å². The van der Waals surface area contributed by atoms with Gasteiger partial charge in [0.1, 0.15) is 11.5 Å². The molecule has 0 fully saturated rings. The Morgan fingerprint density at radius 3 is 1.32 bits per heavy atom. The highest BCUT2D eigenvalue weighted by Crippen LogP contribution is 2.20. The number of anilines is 2. The van der Waals surface area contributed by atoms with Gasteiger partial charge in [-0.1, -0.05) is 39.5 Å². The number of carbonyl (C=O) groups is 1. The maximum Gasteiger partial charge on any atom is 0.323 e. The second-order valence-corrected chi connectivity index (χ2v) is 11.1. The fourth-order valence-corrected chi connectivity index (χ4v) is 5.01. The predicted molar refractivity (Wildman–Crippen MR) is 133 cm³/mol. The van der Waals surface area contributed by atoms with Crippen molar-refractivity contribution in [1.82, 2.24) is 0 Å². The van der Waals surface area contributed by atoms with Crippen molar-refractivity contribution in [2.75, 3.05) is 22.1 Å². The van der Waals surface area contributed by atoms with Crippen LogP contribution in [-0.2, 0) is 20.2 Å². The van der Waals surface area contributed by atoms with Gasteiger partial charge in [-0.25, -0.2) is 4.79 Å². The molecule has 0 radical (unpaired) electrons. The quantitative estimate of drug-likeness (QED) is 0.265. The van der Waals surface area contributed by atoms with E-state index >= 15 is 0 Å². The van der Waals surface area contributed by atoms with Crippen LogP contribution in [0.4, 0.5) is 16.2 Å². The first-order chi connectivity index (χ1) is 16.1. The van der Waals surface area contributed by atoms with Gasteiger partial charge in [0.2, 0.25) is 0 Å². The number of hydrogen-bond donors (Lipinski definition) is 2. The zero-order valence-electron chi connectivity index (χ0n) is 19.4. The molecule has 0 aliphatic rings. The molecule has 188 valence electrons. The molecule has 0 spiro atoms. The Balaban J connectivity index is 1.85. The molecule has 0 aliphatic carbocycles. The highest BCUT2D eigenvalue weighted by Gasteiger charge is 2.14. The smallest absolute Gasteiger partial charge is 0.323 e. The molecule has 2 aromatic carbocycles. The van der Waals surface area contributed by atoms with E-state index in [1.807, 2.05) is 13.8 Å². The topological polar surface area (TPSA) is 128 Å². The van der Waals surface area contributed by atoms with Crippen molar-refractivity contribution in [3.63, 3.8) is 0 Å². The van der Waals surface area contributed by atoms with Crippen LogP contribution < -0.4 is 19.0 Å². The summed E-state index contributed by atoms with van der Waals surface area (Å²) in [5, 5.41) is 5.24. The number of unbranched alkanes of at least 4 members (excludes halogenated alkanes) is 4. The molecule has 0 bridgehead atoms.